The summed E-state index contributed by atoms with van der Waals surface area (Å²) in [6.45, 7) is 4.10. The summed E-state index contributed by atoms with van der Waals surface area (Å²) in [7, 11) is 0. The van der Waals surface area contributed by atoms with Gasteiger partial charge in [-0.2, -0.15) is 9.61 Å². The summed E-state index contributed by atoms with van der Waals surface area (Å²) in [4.78, 5) is 13.2. The van der Waals surface area contributed by atoms with Crippen LogP contribution in [0.15, 0.2) is 48.5 Å². The Morgan fingerprint density at radius 1 is 1.15 bits per heavy atom. The molecule has 0 saturated heterocycles. The van der Waals surface area contributed by atoms with Crippen LogP contribution in [0.1, 0.15) is 35.1 Å². The van der Waals surface area contributed by atoms with Crippen molar-refractivity contribution in [1.82, 2.24) is 19.8 Å². The highest BCUT2D eigenvalue weighted by Gasteiger charge is 2.13. The molecule has 0 saturated carbocycles. The van der Waals surface area contributed by atoms with Crippen molar-refractivity contribution in [2.24, 2.45) is 0 Å². The van der Waals surface area contributed by atoms with E-state index in [1.54, 1.807) is 4.52 Å². The third-order valence-electron chi connectivity index (χ3n) is 4.21. The molecule has 0 unspecified atom stereocenters. The number of amides is 1. The van der Waals surface area contributed by atoms with Crippen molar-refractivity contribution < 1.29 is 4.79 Å². The molecule has 4 rings (SSSR count). The topological polar surface area (TPSA) is 72.2 Å². The Kier molecular flexibility index (Phi) is 4.68. The van der Waals surface area contributed by atoms with Gasteiger partial charge in [0.1, 0.15) is 5.01 Å². The first kappa shape index (κ1) is 17.4. The van der Waals surface area contributed by atoms with Crippen molar-refractivity contribution in [2.45, 2.75) is 26.7 Å². The number of rotatable bonds is 5. The van der Waals surface area contributed by atoms with E-state index < -0.39 is 0 Å². The lowest BCUT2D eigenvalue weighted by atomic mass is 10.1. The summed E-state index contributed by atoms with van der Waals surface area (Å²) < 4.78 is 1.81. The van der Waals surface area contributed by atoms with Crippen LogP contribution in [0, 0.1) is 6.92 Å². The highest BCUT2D eigenvalue weighted by atomic mass is 32.1. The first-order chi connectivity index (χ1) is 13.1. The summed E-state index contributed by atoms with van der Waals surface area (Å²) in [5.41, 5.74) is 3.43. The summed E-state index contributed by atoms with van der Waals surface area (Å²) in [5, 5.41) is 16.8. The van der Waals surface area contributed by atoms with E-state index >= 15 is 0 Å². The average molecular weight is 377 g/mol. The van der Waals surface area contributed by atoms with E-state index in [2.05, 4.69) is 27.5 Å². The molecule has 0 fully saturated rings. The fraction of sp³-hybridized carbons (Fsp3) is 0.200. The maximum atomic E-state index is 12.4. The third kappa shape index (κ3) is 3.59. The van der Waals surface area contributed by atoms with Crippen LogP contribution < -0.4 is 5.32 Å². The fourth-order valence-corrected chi connectivity index (χ4v) is 3.65. The number of aromatic nitrogens is 4. The van der Waals surface area contributed by atoms with Gasteiger partial charge < -0.3 is 5.32 Å². The van der Waals surface area contributed by atoms with Crippen molar-refractivity contribution >= 4 is 27.9 Å². The Morgan fingerprint density at radius 2 is 1.96 bits per heavy atom. The second-order valence-corrected chi connectivity index (χ2v) is 7.32. The second-order valence-electron chi connectivity index (χ2n) is 6.37. The second kappa shape index (κ2) is 7.28. The van der Waals surface area contributed by atoms with E-state index in [-0.39, 0.29) is 5.91 Å². The first-order valence-corrected chi connectivity index (χ1v) is 9.65. The number of carbonyl (C=O) groups is 1. The molecule has 4 aromatic rings. The molecule has 1 amide bonds. The summed E-state index contributed by atoms with van der Waals surface area (Å²) in [5.74, 6) is 0.745. The van der Waals surface area contributed by atoms with E-state index in [1.165, 1.54) is 11.3 Å². The molecule has 2 heterocycles. The molecule has 27 heavy (non-hydrogen) atoms. The van der Waals surface area contributed by atoms with Gasteiger partial charge in [-0.05, 0) is 37.6 Å². The third-order valence-corrected chi connectivity index (χ3v) is 5.16. The first-order valence-electron chi connectivity index (χ1n) is 8.83. The average Bonchev–Trinajstić information content (AvgIpc) is 3.25. The van der Waals surface area contributed by atoms with E-state index in [9.17, 15) is 4.79 Å². The van der Waals surface area contributed by atoms with Crippen LogP contribution in [0.4, 0.5) is 5.69 Å². The predicted octanol–water partition coefficient (Wildman–Crippen LogP) is 4.37. The van der Waals surface area contributed by atoms with Crippen LogP contribution in [-0.4, -0.2) is 25.7 Å². The molecule has 2 aromatic heterocycles. The van der Waals surface area contributed by atoms with Crippen LogP contribution >= 0.6 is 11.3 Å². The maximum Gasteiger partial charge on any atom is 0.255 e. The van der Waals surface area contributed by atoms with Crippen molar-refractivity contribution in [1.29, 1.82) is 0 Å². The molecule has 136 valence electrons. The van der Waals surface area contributed by atoms with Crippen molar-refractivity contribution in [2.75, 3.05) is 5.32 Å². The van der Waals surface area contributed by atoms with Crippen molar-refractivity contribution in [3.63, 3.8) is 0 Å². The molecule has 0 radical (unpaired) electrons. The van der Waals surface area contributed by atoms with Gasteiger partial charge in [-0.15, -0.1) is 10.2 Å². The zero-order valence-electron chi connectivity index (χ0n) is 15.1. The lowest BCUT2D eigenvalue weighted by Gasteiger charge is -2.07. The highest BCUT2D eigenvalue weighted by molar-refractivity contribution is 7.19. The molecule has 0 aliphatic carbocycles. The van der Waals surface area contributed by atoms with Crippen molar-refractivity contribution in [3.05, 3.63) is 65.5 Å². The van der Waals surface area contributed by atoms with Crippen LogP contribution in [0.3, 0.4) is 0 Å². The number of hydrogen-bond acceptors (Lipinski definition) is 5. The van der Waals surface area contributed by atoms with Crippen LogP contribution in [0.5, 0.6) is 0 Å². The molecular weight excluding hydrogens is 358 g/mol. The van der Waals surface area contributed by atoms with Gasteiger partial charge >= 0.3 is 0 Å². The molecule has 0 atom stereocenters. The molecule has 0 spiro atoms. The number of anilines is 1. The number of benzene rings is 2. The number of nitrogens with zero attached hydrogens (tertiary/aromatic N) is 4. The van der Waals surface area contributed by atoms with Crippen molar-refractivity contribution in [3.8, 4) is 10.6 Å². The number of carbonyl (C=O) groups excluding carboxylic acids is 1. The molecule has 6 nitrogen and oxygen atoms in total. The highest BCUT2D eigenvalue weighted by Crippen LogP contribution is 2.27. The van der Waals surface area contributed by atoms with Gasteiger partial charge in [0, 0.05) is 23.2 Å². The van der Waals surface area contributed by atoms with Gasteiger partial charge in [0.05, 0.1) is 0 Å². The Hall–Kier alpha value is -3.06. The van der Waals surface area contributed by atoms with Crippen LogP contribution in [0.2, 0.25) is 0 Å². The number of hydrogen-bond donors (Lipinski definition) is 1. The van der Waals surface area contributed by atoms with Gasteiger partial charge in [-0.25, -0.2) is 0 Å². The lowest BCUT2D eigenvalue weighted by Crippen LogP contribution is -2.11. The maximum absolute atomic E-state index is 12.4. The molecular formula is C20H19N5OS. The Bertz CT molecular complexity index is 1100. The minimum Gasteiger partial charge on any atom is -0.322 e. The SMILES string of the molecule is CCCc1nnc2sc(-c3cccc(NC(=O)c4ccc(C)cc4)c3)nn12. The molecule has 0 bridgehead atoms. The smallest absolute Gasteiger partial charge is 0.255 e. The van der Waals surface area contributed by atoms with Gasteiger partial charge in [0.2, 0.25) is 4.96 Å². The Labute approximate surface area is 160 Å². The minimum atomic E-state index is -0.129. The standard InChI is InChI=1S/C20H19N5OS/c1-3-5-17-22-23-20-25(17)24-19(27-20)15-6-4-7-16(12-15)21-18(26)14-10-8-13(2)9-11-14/h4,6-12H,3,5H2,1-2H3,(H,21,26). The minimum absolute atomic E-state index is 0.129. The molecule has 2 aromatic carbocycles. The quantitative estimate of drug-likeness (QED) is 0.561. The molecule has 1 N–H and O–H groups in total. The van der Waals surface area contributed by atoms with E-state index in [0.29, 0.717) is 5.56 Å². The number of aryl methyl sites for hydroxylation is 2. The zero-order valence-corrected chi connectivity index (χ0v) is 16.0. The van der Waals surface area contributed by atoms with Crippen LogP contribution in [-0.2, 0) is 6.42 Å². The lowest BCUT2D eigenvalue weighted by molar-refractivity contribution is 0.102. The van der Waals surface area contributed by atoms with Gasteiger partial charge in [0.25, 0.3) is 5.91 Å². The van der Waals surface area contributed by atoms with Crippen LogP contribution in [0.25, 0.3) is 15.5 Å². The Morgan fingerprint density at radius 3 is 2.74 bits per heavy atom. The van der Waals surface area contributed by atoms with E-state index in [0.717, 1.165) is 45.4 Å². The monoisotopic (exact) mass is 377 g/mol. The van der Waals surface area contributed by atoms with Gasteiger partial charge in [0.15, 0.2) is 5.82 Å². The number of nitrogens with one attached hydrogen (secondary N) is 1. The molecule has 7 heteroatoms. The summed E-state index contributed by atoms with van der Waals surface area (Å²) >= 11 is 1.49. The summed E-state index contributed by atoms with van der Waals surface area (Å²) in [6, 6.07) is 15.2. The predicted molar refractivity (Wildman–Crippen MR) is 107 cm³/mol. The molecule has 0 aliphatic rings. The molecule has 0 aliphatic heterocycles. The van der Waals surface area contributed by atoms with E-state index in [1.807, 2.05) is 55.5 Å². The van der Waals surface area contributed by atoms with E-state index in [4.69, 9.17) is 0 Å². The zero-order chi connectivity index (χ0) is 18.8. The normalized spacial score (nSPS) is 11.0. The number of fused-ring (bicyclic) bond motifs is 1. The Balaban J connectivity index is 1.59. The largest absolute Gasteiger partial charge is 0.322 e. The fourth-order valence-electron chi connectivity index (χ4n) is 2.79. The van der Waals surface area contributed by atoms with Gasteiger partial charge in [-0.3, -0.25) is 4.79 Å². The summed E-state index contributed by atoms with van der Waals surface area (Å²) in [6.07, 6.45) is 1.84. The van der Waals surface area contributed by atoms with Gasteiger partial charge in [-0.1, -0.05) is 48.1 Å².